The van der Waals surface area contributed by atoms with Crippen molar-refractivity contribution in [3.63, 3.8) is 0 Å². The molecule has 0 unspecified atom stereocenters. The molecule has 19 heavy (non-hydrogen) atoms. The average molecular weight is 298 g/mol. The van der Waals surface area contributed by atoms with Crippen LogP contribution in [-0.2, 0) is 0 Å². The van der Waals surface area contributed by atoms with Crippen LogP contribution in [0.1, 0.15) is 0 Å². The summed E-state index contributed by atoms with van der Waals surface area (Å²) in [5.74, 6) is 1.26. The summed E-state index contributed by atoms with van der Waals surface area (Å²) in [5.41, 5.74) is 6.31. The molecule has 2 rings (SSSR count). The van der Waals surface area contributed by atoms with E-state index in [9.17, 15) is 0 Å². The lowest BCUT2D eigenvalue weighted by atomic mass is 10.3. The molecule has 0 bridgehead atoms. The maximum Gasteiger partial charge on any atom is 0.139 e. The van der Waals surface area contributed by atoms with E-state index in [4.69, 9.17) is 38.4 Å². The van der Waals surface area contributed by atoms with E-state index in [1.54, 1.807) is 30.3 Å². The molecular weight excluding hydrogens is 285 g/mol. The molecule has 0 aliphatic carbocycles. The van der Waals surface area contributed by atoms with Crippen molar-refractivity contribution < 1.29 is 9.47 Å². The lowest BCUT2D eigenvalue weighted by Gasteiger charge is -2.10. The number of nitrogen functional groups attached to an aromatic ring is 1. The van der Waals surface area contributed by atoms with E-state index in [-0.39, 0.29) is 0 Å². The van der Waals surface area contributed by atoms with E-state index in [1.807, 2.05) is 12.1 Å². The third-order valence-electron chi connectivity index (χ3n) is 2.36. The Morgan fingerprint density at radius 2 is 1.74 bits per heavy atom. The first-order chi connectivity index (χ1) is 9.15. The van der Waals surface area contributed by atoms with Crippen LogP contribution in [-0.4, -0.2) is 13.2 Å². The van der Waals surface area contributed by atoms with Crippen molar-refractivity contribution >= 4 is 28.9 Å². The molecule has 0 heterocycles. The van der Waals surface area contributed by atoms with Gasteiger partial charge < -0.3 is 15.2 Å². The standard InChI is InChI=1S/C14H13Cl2NO2/c15-10-4-5-13(16)14(8-10)19-7-6-18-12-3-1-2-11(17)9-12/h1-5,8-9H,6-7,17H2. The molecule has 0 fully saturated rings. The van der Waals surface area contributed by atoms with Gasteiger partial charge in [-0.2, -0.15) is 0 Å². The molecule has 3 nitrogen and oxygen atoms in total. The molecule has 0 aromatic heterocycles. The van der Waals surface area contributed by atoms with Gasteiger partial charge in [-0.3, -0.25) is 0 Å². The fraction of sp³-hybridized carbons (Fsp3) is 0.143. The Kier molecular flexibility index (Phi) is 4.77. The van der Waals surface area contributed by atoms with Gasteiger partial charge in [-0.1, -0.05) is 29.3 Å². The minimum absolute atomic E-state index is 0.370. The van der Waals surface area contributed by atoms with Crippen molar-refractivity contribution in [3.8, 4) is 11.5 Å². The molecule has 2 N–H and O–H groups in total. The Hall–Kier alpha value is -1.58. The van der Waals surface area contributed by atoms with Crippen LogP contribution in [0, 0.1) is 0 Å². The maximum atomic E-state index is 5.97. The van der Waals surface area contributed by atoms with E-state index in [0.29, 0.717) is 40.4 Å². The summed E-state index contributed by atoms with van der Waals surface area (Å²) in [6, 6.07) is 12.3. The first kappa shape index (κ1) is 13.8. The second-order valence-corrected chi connectivity index (χ2v) is 4.69. The largest absolute Gasteiger partial charge is 0.490 e. The van der Waals surface area contributed by atoms with E-state index >= 15 is 0 Å². The van der Waals surface area contributed by atoms with Gasteiger partial charge in [0.15, 0.2) is 0 Å². The Labute approximate surface area is 121 Å². The number of hydrogen-bond donors (Lipinski definition) is 1. The van der Waals surface area contributed by atoms with Gasteiger partial charge in [-0.25, -0.2) is 0 Å². The number of nitrogens with two attached hydrogens (primary N) is 1. The third-order valence-corrected chi connectivity index (χ3v) is 2.91. The first-order valence-electron chi connectivity index (χ1n) is 5.71. The molecule has 5 heteroatoms. The molecular formula is C14H13Cl2NO2. The summed E-state index contributed by atoms with van der Waals surface area (Å²) in [5, 5.41) is 1.10. The lowest BCUT2D eigenvalue weighted by molar-refractivity contribution is 0.217. The van der Waals surface area contributed by atoms with Crippen molar-refractivity contribution in [2.24, 2.45) is 0 Å². The van der Waals surface area contributed by atoms with Crippen molar-refractivity contribution in [2.45, 2.75) is 0 Å². The number of halogens is 2. The molecule has 2 aromatic rings. The quantitative estimate of drug-likeness (QED) is 0.669. The highest BCUT2D eigenvalue weighted by molar-refractivity contribution is 6.34. The van der Waals surface area contributed by atoms with Gasteiger partial charge in [0.25, 0.3) is 0 Å². The summed E-state index contributed by atoms with van der Waals surface area (Å²) in [4.78, 5) is 0. The summed E-state index contributed by atoms with van der Waals surface area (Å²) in [6.07, 6.45) is 0. The fourth-order valence-electron chi connectivity index (χ4n) is 1.50. The van der Waals surface area contributed by atoms with Crippen molar-refractivity contribution in [1.82, 2.24) is 0 Å². The SMILES string of the molecule is Nc1cccc(OCCOc2cc(Cl)ccc2Cl)c1. The smallest absolute Gasteiger partial charge is 0.139 e. The second kappa shape index (κ2) is 6.55. The molecule has 0 saturated carbocycles. The summed E-state index contributed by atoms with van der Waals surface area (Å²) >= 11 is 11.8. The third kappa shape index (κ3) is 4.23. The molecule has 0 radical (unpaired) electrons. The van der Waals surface area contributed by atoms with Crippen molar-refractivity contribution in [3.05, 3.63) is 52.5 Å². The topological polar surface area (TPSA) is 44.5 Å². The van der Waals surface area contributed by atoms with E-state index in [1.165, 1.54) is 0 Å². The Balaban J connectivity index is 1.82. The molecule has 0 atom stereocenters. The molecule has 0 aliphatic heterocycles. The summed E-state index contributed by atoms with van der Waals surface area (Å²) < 4.78 is 11.0. The van der Waals surface area contributed by atoms with Crippen LogP contribution >= 0.6 is 23.2 Å². The van der Waals surface area contributed by atoms with Gasteiger partial charge in [0.05, 0.1) is 5.02 Å². The molecule has 0 spiro atoms. The highest BCUT2D eigenvalue weighted by Gasteiger charge is 2.02. The number of benzene rings is 2. The number of rotatable bonds is 5. The molecule has 0 saturated heterocycles. The lowest BCUT2D eigenvalue weighted by Crippen LogP contribution is -2.09. The van der Waals surface area contributed by atoms with Crippen LogP contribution in [0.3, 0.4) is 0 Å². The molecule has 0 aliphatic rings. The van der Waals surface area contributed by atoms with Crippen LogP contribution in [0.25, 0.3) is 0 Å². The fourth-order valence-corrected chi connectivity index (χ4v) is 1.84. The van der Waals surface area contributed by atoms with Gasteiger partial charge in [0, 0.05) is 22.8 Å². The van der Waals surface area contributed by atoms with Crippen LogP contribution < -0.4 is 15.2 Å². The minimum atomic E-state index is 0.370. The van der Waals surface area contributed by atoms with Crippen LogP contribution in [0.15, 0.2) is 42.5 Å². The normalized spacial score (nSPS) is 10.2. The van der Waals surface area contributed by atoms with Crippen molar-refractivity contribution in [1.29, 1.82) is 0 Å². The Morgan fingerprint density at radius 3 is 2.53 bits per heavy atom. The maximum absolute atomic E-state index is 5.97. The van der Waals surface area contributed by atoms with E-state index in [2.05, 4.69) is 0 Å². The van der Waals surface area contributed by atoms with Gasteiger partial charge in [-0.15, -0.1) is 0 Å². The van der Waals surface area contributed by atoms with Crippen LogP contribution in [0.4, 0.5) is 5.69 Å². The van der Waals surface area contributed by atoms with E-state index in [0.717, 1.165) is 0 Å². The average Bonchev–Trinajstić information content (AvgIpc) is 2.39. The zero-order valence-corrected chi connectivity index (χ0v) is 11.6. The predicted octanol–water partition coefficient (Wildman–Crippen LogP) is 4.03. The highest BCUT2D eigenvalue weighted by atomic mass is 35.5. The number of anilines is 1. The van der Waals surface area contributed by atoms with Crippen LogP contribution in [0.2, 0.25) is 10.0 Å². The van der Waals surface area contributed by atoms with Gasteiger partial charge in [0.2, 0.25) is 0 Å². The van der Waals surface area contributed by atoms with Crippen LogP contribution in [0.5, 0.6) is 11.5 Å². The van der Waals surface area contributed by atoms with Gasteiger partial charge in [-0.05, 0) is 24.3 Å². The van der Waals surface area contributed by atoms with E-state index < -0.39 is 0 Å². The molecule has 100 valence electrons. The minimum Gasteiger partial charge on any atom is -0.490 e. The van der Waals surface area contributed by atoms with Crippen molar-refractivity contribution in [2.75, 3.05) is 18.9 Å². The molecule has 0 amide bonds. The number of hydrogen-bond acceptors (Lipinski definition) is 3. The highest BCUT2D eigenvalue weighted by Crippen LogP contribution is 2.27. The summed E-state index contributed by atoms with van der Waals surface area (Å²) in [7, 11) is 0. The molecule has 2 aromatic carbocycles. The van der Waals surface area contributed by atoms with Gasteiger partial charge in [0.1, 0.15) is 24.7 Å². The second-order valence-electron chi connectivity index (χ2n) is 3.84. The predicted molar refractivity (Wildman–Crippen MR) is 78.3 cm³/mol. The zero-order chi connectivity index (χ0) is 13.7. The number of ether oxygens (including phenoxy) is 2. The Bertz CT molecular complexity index is 561. The summed E-state index contributed by atoms with van der Waals surface area (Å²) in [6.45, 7) is 0.765. The Morgan fingerprint density at radius 1 is 0.947 bits per heavy atom. The van der Waals surface area contributed by atoms with Gasteiger partial charge >= 0.3 is 0 Å². The first-order valence-corrected chi connectivity index (χ1v) is 6.47. The monoisotopic (exact) mass is 297 g/mol. The zero-order valence-electron chi connectivity index (χ0n) is 10.1.